The molecular weight excluding hydrogens is 256 g/mol. The average molecular weight is 278 g/mol. The molecule has 1 fully saturated rings. The summed E-state index contributed by atoms with van der Waals surface area (Å²) in [5.41, 5.74) is 7.37. The predicted octanol–water partition coefficient (Wildman–Crippen LogP) is 1.62. The molecule has 2 rings (SSSR count). The number of benzene rings is 1. The lowest BCUT2D eigenvalue weighted by Crippen LogP contribution is -2.33. The van der Waals surface area contributed by atoms with Crippen molar-refractivity contribution in [3.8, 4) is 11.5 Å². The first-order valence-corrected chi connectivity index (χ1v) is 6.94. The molecule has 0 amide bonds. The van der Waals surface area contributed by atoms with E-state index in [1.165, 1.54) is 6.92 Å². The van der Waals surface area contributed by atoms with Gasteiger partial charge in [0, 0.05) is 13.0 Å². The van der Waals surface area contributed by atoms with Crippen LogP contribution in [0.4, 0.5) is 0 Å². The number of piperidine rings is 1. The van der Waals surface area contributed by atoms with Crippen LogP contribution in [0.15, 0.2) is 18.2 Å². The van der Waals surface area contributed by atoms with Crippen molar-refractivity contribution in [2.45, 2.75) is 25.8 Å². The standard InChI is InChI=1S/C15H22N2O3/c1-10(18)20-13-4-3-12(9-14(13)19-2)15(16)11-5-7-17-8-6-11/h3-4,9,11,15,17H,5-8,16H2,1-2H3/t15-/m1/s1. The number of esters is 1. The van der Waals surface area contributed by atoms with Gasteiger partial charge in [0.2, 0.25) is 0 Å². The summed E-state index contributed by atoms with van der Waals surface area (Å²) in [5.74, 6) is 1.09. The zero-order valence-electron chi connectivity index (χ0n) is 12.0. The van der Waals surface area contributed by atoms with Crippen LogP contribution in [0, 0.1) is 5.92 Å². The Kier molecular flexibility index (Phi) is 4.98. The highest BCUT2D eigenvalue weighted by atomic mass is 16.6. The number of methoxy groups -OCH3 is 1. The molecule has 1 aromatic carbocycles. The van der Waals surface area contributed by atoms with Gasteiger partial charge in [-0.1, -0.05) is 6.07 Å². The average Bonchev–Trinajstić information content (AvgIpc) is 2.47. The smallest absolute Gasteiger partial charge is 0.308 e. The molecule has 5 nitrogen and oxygen atoms in total. The Balaban J connectivity index is 2.17. The summed E-state index contributed by atoms with van der Waals surface area (Å²) in [4.78, 5) is 11.0. The van der Waals surface area contributed by atoms with Crippen LogP contribution in [-0.2, 0) is 4.79 Å². The summed E-state index contributed by atoms with van der Waals surface area (Å²) in [6.45, 7) is 3.40. The molecular formula is C15H22N2O3. The monoisotopic (exact) mass is 278 g/mol. The first-order valence-electron chi connectivity index (χ1n) is 6.94. The number of nitrogens with two attached hydrogens (primary N) is 1. The molecule has 1 aliphatic heterocycles. The molecule has 0 radical (unpaired) electrons. The van der Waals surface area contributed by atoms with Gasteiger partial charge in [-0.2, -0.15) is 0 Å². The van der Waals surface area contributed by atoms with Crippen LogP contribution in [0.25, 0.3) is 0 Å². The van der Waals surface area contributed by atoms with Crippen LogP contribution >= 0.6 is 0 Å². The van der Waals surface area contributed by atoms with Gasteiger partial charge in [-0.15, -0.1) is 0 Å². The van der Waals surface area contributed by atoms with Crippen LogP contribution in [-0.4, -0.2) is 26.2 Å². The van der Waals surface area contributed by atoms with Gasteiger partial charge >= 0.3 is 5.97 Å². The minimum atomic E-state index is -0.362. The molecule has 20 heavy (non-hydrogen) atoms. The first-order chi connectivity index (χ1) is 9.61. The zero-order valence-corrected chi connectivity index (χ0v) is 12.0. The SMILES string of the molecule is COc1cc([C@H](N)C2CCNCC2)ccc1OC(C)=O. The van der Waals surface area contributed by atoms with E-state index in [0.717, 1.165) is 31.5 Å². The summed E-state index contributed by atoms with van der Waals surface area (Å²) in [5, 5.41) is 3.34. The summed E-state index contributed by atoms with van der Waals surface area (Å²) in [7, 11) is 1.56. The molecule has 110 valence electrons. The molecule has 0 unspecified atom stereocenters. The van der Waals surface area contributed by atoms with E-state index in [0.29, 0.717) is 17.4 Å². The Morgan fingerprint density at radius 3 is 2.65 bits per heavy atom. The van der Waals surface area contributed by atoms with E-state index in [-0.39, 0.29) is 12.0 Å². The number of carbonyl (C=O) groups is 1. The lowest BCUT2D eigenvalue weighted by molar-refractivity contribution is -0.132. The Labute approximate surface area is 119 Å². The number of hydrogen-bond acceptors (Lipinski definition) is 5. The van der Waals surface area contributed by atoms with Crippen LogP contribution in [0.1, 0.15) is 31.4 Å². The number of nitrogens with one attached hydrogen (secondary N) is 1. The summed E-state index contributed by atoms with van der Waals surface area (Å²) < 4.78 is 10.4. The summed E-state index contributed by atoms with van der Waals surface area (Å²) in [6, 6.07) is 5.51. The maximum Gasteiger partial charge on any atom is 0.308 e. The number of ether oxygens (including phenoxy) is 2. The minimum Gasteiger partial charge on any atom is -0.493 e. The van der Waals surface area contributed by atoms with E-state index in [1.54, 1.807) is 13.2 Å². The third-order valence-corrected chi connectivity index (χ3v) is 3.72. The van der Waals surface area contributed by atoms with Crippen LogP contribution in [0.3, 0.4) is 0 Å². The van der Waals surface area contributed by atoms with E-state index < -0.39 is 0 Å². The molecule has 1 heterocycles. The fraction of sp³-hybridized carbons (Fsp3) is 0.533. The van der Waals surface area contributed by atoms with Crippen LogP contribution in [0.5, 0.6) is 11.5 Å². The fourth-order valence-corrected chi connectivity index (χ4v) is 2.61. The van der Waals surface area contributed by atoms with Gasteiger partial charge < -0.3 is 20.5 Å². The van der Waals surface area contributed by atoms with Gasteiger partial charge in [0.1, 0.15) is 0 Å². The normalized spacial score (nSPS) is 17.6. The molecule has 1 aliphatic rings. The van der Waals surface area contributed by atoms with E-state index in [2.05, 4.69) is 5.32 Å². The number of carbonyl (C=O) groups excluding carboxylic acids is 1. The predicted molar refractivity (Wildman–Crippen MR) is 76.8 cm³/mol. The lowest BCUT2D eigenvalue weighted by Gasteiger charge is -2.28. The molecule has 3 N–H and O–H groups in total. The fourth-order valence-electron chi connectivity index (χ4n) is 2.61. The molecule has 0 spiro atoms. The maximum atomic E-state index is 11.0. The first kappa shape index (κ1) is 14.8. The maximum absolute atomic E-state index is 11.0. The van der Waals surface area contributed by atoms with Crippen molar-refractivity contribution in [3.05, 3.63) is 23.8 Å². The molecule has 0 saturated carbocycles. The molecule has 0 bridgehead atoms. The van der Waals surface area contributed by atoms with E-state index in [1.807, 2.05) is 12.1 Å². The van der Waals surface area contributed by atoms with Gasteiger partial charge in [0.15, 0.2) is 11.5 Å². The molecule has 1 aromatic rings. The highest BCUT2D eigenvalue weighted by molar-refractivity contribution is 5.70. The van der Waals surface area contributed by atoms with Gasteiger partial charge in [-0.05, 0) is 49.5 Å². The molecule has 5 heteroatoms. The third-order valence-electron chi connectivity index (χ3n) is 3.72. The summed E-state index contributed by atoms with van der Waals surface area (Å²) in [6.07, 6.45) is 2.16. The van der Waals surface area contributed by atoms with Gasteiger partial charge in [-0.3, -0.25) is 4.79 Å². The lowest BCUT2D eigenvalue weighted by atomic mass is 9.86. The Hall–Kier alpha value is -1.59. The second-order valence-corrected chi connectivity index (χ2v) is 5.12. The van der Waals surface area contributed by atoms with Crippen molar-refractivity contribution < 1.29 is 14.3 Å². The topological polar surface area (TPSA) is 73.6 Å². The van der Waals surface area contributed by atoms with Crippen LogP contribution in [0.2, 0.25) is 0 Å². The van der Waals surface area contributed by atoms with Crippen molar-refractivity contribution in [1.29, 1.82) is 0 Å². The third kappa shape index (κ3) is 3.49. The molecule has 0 aliphatic carbocycles. The van der Waals surface area contributed by atoms with Gasteiger partial charge in [0.05, 0.1) is 7.11 Å². The van der Waals surface area contributed by atoms with Gasteiger partial charge in [0.25, 0.3) is 0 Å². The molecule has 1 saturated heterocycles. The Morgan fingerprint density at radius 1 is 1.35 bits per heavy atom. The Bertz CT molecular complexity index is 470. The largest absolute Gasteiger partial charge is 0.493 e. The van der Waals surface area contributed by atoms with Crippen molar-refractivity contribution in [2.75, 3.05) is 20.2 Å². The second-order valence-electron chi connectivity index (χ2n) is 5.12. The number of rotatable bonds is 4. The van der Waals surface area contributed by atoms with E-state index in [4.69, 9.17) is 15.2 Å². The summed E-state index contributed by atoms with van der Waals surface area (Å²) >= 11 is 0. The van der Waals surface area contributed by atoms with Crippen molar-refractivity contribution >= 4 is 5.97 Å². The van der Waals surface area contributed by atoms with Gasteiger partial charge in [-0.25, -0.2) is 0 Å². The Morgan fingerprint density at radius 2 is 2.05 bits per heavy atom. The van der Waals surface area contributed by atoms with Crippen molar-refractivity contribution in [2.24, 2.45) is 11.7 Å². The second kappa shape index (κ2) is 6.72. The minimum absolute atomic E-state index is 0.0163. The van der Waals surface area contributed by atoms with Crippen molar-refractivity contribution in [1.82, 2.24) is 5.32 Å². The van der Waals surface area contributed by atoms with Crippen molar-refractivity contribution in [3.63, 3.8) is 0 Å². The highest BCUT2D eigenvalue weighted by Gasteiger charge is 2.22. The molecule has 0 aromatic heterocycles. The van der Waals surface area contributed by atoms with E-state index in [9.17, 15) is 4.79 Å². The number of hydrogen-bond donors (Lipinski definition) is 2. The van der Waals surface area contributed by atoms with Crippen LogP contribution < -0.4 is 20.5 Å². The zero-order chi connectivity index (χ0) is 14.5. The van der Waals surface area contributed by atoms with E-state index >= 15 is 0 Å². The highest BCUT2D eigenvalue weighted by Crippen LogP contribution is 2.33. The molecule has 1 atom stereocenters. The quantitative estimate of drug-likeness (QED) is 0.646.